The molecule has 0 unspecified atom stereocenters. The Hall–Kier alpha value is -2.00. The largest absolute Gasteiger partial charge is 0.302 e. The van der Waals surface area contributed by atoms with Gasteiger partial charge in [0.2, 0.25) is 5.91 Å². The average molecular weight is 494 g/mol. The summed E-state index contributed by atoms with van der Waals surface area (Å²) in [4.78, 5) is 22.0. The van der Waals surface area contributed by atoms with Crippen LogP contribution in [0.15, 0.2) is 47.4 Å². The molecule has 0 saturated carbocycles. The second-order valence-corrected chi connectivity index (χ2v) is 11.1. The third-order valence-corrected chi connectivity index (χ3v) is 8.46. The van der Waals surface area contributed by atoms with Crippen molar-refractivity contribution in [1.29, 1.82) is 0 Å². The molecule has 3 rings (SSSR count). The quantitative estimate of drug-likeness (QED) is 0.406. The molecule has 2 aromatic carbocycles. The molecule has 0 N–H and O–H groups in total. The lowest BCUT2D eigenvalue weighted by Gasteiger charge is -2.24. The maximum Gasteiger partial charge on any atom is 0.229 e. The Balaban J connectivity index is 1.82. The van der Waals surface area contributed by atoms with Gasteiger partial charge in [-0.2, -0.15) is 0 Å². The van der Waals surface area contributed by atoms with E-state index in [1.54, 1.807) is 4.90 Å². The van der Waals surface area contributed by atoms with Crippen molar-refractivity contribution in [2.24, 2.45) is 0 Å². The molecule has 9 heteroatoms. The van der Waals surface area contributed by atoms with Crippen molar-refractivity contribution in [1.82, 2.24) is 9.88 Å². The summed E-state index contributed by atoms with van der Waals surface area (Å²) >= 11 is 7.32. The predicted molar refractivity (Wildman–Crippen MR) is 133 cm³/mol. The highest BCUT2D eigenvalue weighted by molar-refractivity contribution is 7.91. The maximum atomic E-state index is 13.2. The molecule has 0 fully saturated rings. The summed E-state index contributed by atoms with van der Waals surface area (Å²) in [6, 6.07) is 12.0. The van der Waals surface area contributed by atoms with Crippen LogP contribution in [-0.4, -0.2) is 56.1 Å². The van der Waals surface area contributed by atoms with Gasteiger partial charge in [0.15, 0.2) is 15.0 Å². The molecule has 1 amide bonds. The van der Waals surface area contributed by atoms with Gasteiger partial charge in [0.05, 0.1) is 20.9 Å². The van der Waals surface area contributed by atoms with Gasteiger partial charge >= 0.3 is 0 Å². The van der Waals surface area contributed by atoms with Gasteiger partial charge in [0, 0.05) is 24.5 Å². The zero-order valence-corrected chi connectivity index (χ0v) is 20.9. The number of nitrogens with zero attached hydrogens (tertiary/aromatic N) is 3. The van der Waals surface area contributed by atoms with Crippen molar-refractivity contribution in [3.8, 4) is 0 Å². The van der Waals surface area contributed by atoms with Crippen LogP contribution in [0, 0.1) is 6.92 Å². The number of aromatic nitrogens is 1. The number of para-hydroxylation sites is 1. The van der Waals surface area contributed by atoms with Crippen LogP contribution in [0.1, 0.15) is 25.8 Å². The van der Waals surface area contributed by atoms with Crippen LogP contribution < -0.4 is 4.90 Å². The summed E-state index contributed by atoms with van der Waals surface area (Å²) in [7, 11) is -3.59. The summed E-state index contributed by atoms with van der Waals surface area (Å²) in [6.07, 6.45) is -0.113. The first-order chi connectivity index (χ1) is 15.2. The number of anilines is 1. The number of thiazole rings is 1. The SMILES string of the molecule is CCN(CC)CCN(C(=O)CCS(=O)(=O)c1ccc(Cl)cc1)c1nc2c(C)cccc2s1. The van der Waals surface area contributed by atoms with Gasteiger partial charge < -0.3 is 4.90 Å². The first kappa shape index (κ1) is 24.6. The maximum absolute atomic E-state index is 13.2. The van der Waals surface area contributed by atoms with Crippen LogP contribution in [-0.2, 0) is 14.6 Å². The van der Waals surface area contributed by atoms with Crippen LogP contribution in [0.4, 0.5) is 5.13 Å². The molecule has 0 bridgehead atoms. The second kappa shape index (κ2) is 10.7. The normalized spacial score (nSPS) is 11.9. The number of amides is 1. The number of aryl methyl sites for hydroxylation is 1. The van der Waals surface area contributed by atoms with Crippen molar-refractivity contribution in [2.45, 2.75) is 32.1 Å². The minimum Gasteiger partial charge on any atom is -0.302 e. The molecule has 0 atom stereocenters. The van der Waals surface area contributed by atoms with E-state index in [-0.39, 0.29) is 23.0 Å². The van der Waals surface area contributed by atoms with Crippen molar-refractivity contribution in [3.63, 3.8) is 0 Å². The number of rotatable bonds is 10. The highest BCUT2D eigenvalue weighted by atomic mass is 35.5. The number of sulfone groups is 1. The molecule has 0 saturated heterocycles. The number of likely N-dealkylation sites (N-methyl/N-ethyl adjacent to an activating group) is 1. The van der Waals surface area contributed by atoms with Gasteiger partial charge in [-0.15, -0.1) is 0 Å². The Bertz CT molecular complexity index is 1170. The minimum atomic E-state index is -3.59. The van der Waals surface area contributed by atoms with E-state index in [0.717, 1.165) is 28.9 Å². The standard InChI is InChI=1S/C23H28ClN3O3S2/c1-4-26(5-2)14-15-27(23-25-22-17(3)7-6-8-20(22)31-23)21(28)13-16-32(29,30)19-11-9-18(24)10-12-19/h6-12H,4-5,13-16H2,1-3H3. The lowest BCUT2D eigenvalue weighted by atomic mass is 10.2. The van der Waals surface area contributed by atoms with E-state index < -0.39 is 9.84 Å². The van der Waals surface area contributed by atoms with E-state index in [1.807, 2.05) is 25.1 Å². The summed E-state index contributed by atoms with van der Waals surface area (Å²) in [6.45, 7) is 9.06. The van der Waals surface area contributed by atoms with Gasteiger partial charge in [-0.05, 0) is 55.9 Å². The van der Waals surface area contributed by atoms with Gasteiger partial charge in [0.25, 0.3) is 0 Å². The number of benzene rings is 2. The molecular weight excluding hydrogens is 466 g/mol. The van der Waals surface area contributed by atoms with Gasteiger partial charge in [-0.25, -0.2) is 13.4 Å². The molecule has 6 nitrogen and oxygen atoms in total. The topological polar surface area (TPSA) is 70.6 Å². The number of carbonyl (C=O) groups excluding carboxylic acids is 1. The van der Waals surface area contributed by atoms with Crippen molar-refractivity contribution in [2.75, 3.05) is 36.8 Å². The molecule has 32 heavy (non-hydrogen) atoms. The minimum absolute atomic E-state index is 0.113. The molecule has 172 valence electrons. The van der Waals surface area contributed by atoms with E-state index >= 15 is 0 Å². The van der Waals surface area contributed by atoms with Crippen molar-refractivity contribution < 1.29 is 13.2 Å². The zero-order chi connectivity index (χ0) is 23.3. The van der Waals surface area contributed by atoms with E-state index in [0.29, 0.717) is 23.2 Å². The van der Waals surface area contributed by atoms with Crippen LogP contribution in [0.3, 0.4) is 0 Å². The van der Waals surface area contributed by atoms with Crippen molar-refractivity contribution >= 4 is 54.0 Å². The molecule has 0 radical (unpaired) electrons. The first-order valence-electron chi connectivity index (χ1n) is 10.6. The molecule has 0 aliphatic carbocycles. The van der Waals surface area contributed by atoms with Crippen LogP contribution in [0.5, 0.6) is 0 Å². The molecular formula is C23H28ClN3O3S2. The molecule has 3 aromatic rings. The molecule has 0 aliphatic heterocycles. The summed E-state index contributed by atoms with van der Waals surface area (Å²) in [5.41, 5.74) is 1.92. The van der Waals surface area contributed by atoms with Crippen LogP contribution in [0.2, 0.25) is 5.02 Å². The lowest BCUT2D eigenvalue weighted by Crippen LogP contribution is -2.39. The predicted octanol–water partition coefficient (Wildman–Crippen LogP) is 4.80. The number of halogens is 1. The molecule has 0 spiro atoms. The zero-order valence-electron chi connectivity index (χ0n) is 18.5. The van der Waals surface area contributed by atoms with Crippen LogP contribution >= 0.6 is 22.9 Å². The van der Waals surface area contributed by atoms with E-state index in [4.69, 9.17) is 16.6 Å². The highest BCUT2D eigenvalue weighted by Gasteiger charge is 2.24. The highest BCUT2D eigenvalue weighted by Crippen LogP contribution is 2.31. The Morgan fingerprint density at radius 3 is 2.38 bits per heavy atom. The summed E-state index contributed by atoms with van der Waals surface area (Å²) in [5.74, 6) is -0.509. The fourth-order valence-electron chi connectivity index (χ4n) is 3.41. The number of hydrogen-bond donors (Lipinski definition) is 0. The summed E-state index contributed by atoms with van der Waals surface area (Å²) < 4.78 is 26.4. The molecule has 1 aromatic heterocycles. The van der Waals surface area contributed by atoms with E-state index in [1.165, 1.54) is 35.6 Å². The van der Waals surface area contributed by atoms with Crippen LogP contribution in [0.25, 0.3) is 10.2 Å². The Labute approximate surface area is 198 Å². The fraction of sp³-hybridized carbons (Fsp3) is 0.391. The monoisotopic (exact) mass is 493 g/mol. The van der Waals surface area contributed by atoms with E-state index in [9.17, 15) is 13.2 Å². The Kier molecular flexibility index (Phi) is 8.27. The smallest absolute Gasteiger partial charge is 0.229 e. The molecule has 0 aliphatic rings. The third kappa shape index (κ3) is 5.86. The van der Waals surface area contributed by atoms with Gasteiger partial charge in [-0.3, -0.25) is 9.69 Å². The third-order valence-electron chi connectivity index (χ3n) is 5.43. The second-order valence-electron chi connectivity index (χ2n) is 7.51. The number of carbonyl (C=O) groups is 1. The van der Waals surface area contributed by atoms with Gasteiger partial charge in [-0.1, -0.05) is 48.9 Å². The number of fused-ring (bicyclic) bond motifs is 1. The lowest BCUT2D eigenvalue weighted by molar-refractivity contribution is -0.118. The summed E-state index contributed by atoms with van der Waals surface area (Å²) in [5, 5.41) is 1.07. The molecule has 1 heterocycles. The average Bonchev–Trinajstić information content (AvgIpc) is 3.21. The van der Waals surface area contributed by atoms with E-state index in [2.05, 4.69) is 18.7 Å². The first-order valence-corrected chi connectivity index (χ1v) is 13.5. The van der Waals surface area contributed by atoms with Gasteiger partial charge in [0.1, 0.15) is 0 Å². The Morgan fingerprint density at radius 1 is 1.06 bits per heavy atom. The Morgan fingerprint density at radius 2 is 1.75 bits per heavy atom. The van der Waals surface area contributed by atoms with Crippen molar-refractivity contribution in [3.05, 3.63) is 53.1 Å². The number of hydrogen-bond acceptors (Lipinski definition) is 6. The fourth-order valence-corrected chi connectivity index (χ4v) is 5.86.